The van der Waals surface area contributed by atoms with Crippen LogP contribution in [0.2, 0.25) is 0 Å². The molecule has 0 fully saturated rings. The number of esters is 1. The van der Waals surface area contributed by atoms with Crippen molar-refractivity contribution in [3.05, 3.63) is 78.3 Å². The van der Waals surface area contributed by atoms with Crippen LogP contribution in [0.1, 0.15) is 31.4 Å². The van der Waals surface area contributed by atoms with Gasteiger partial charge >= 0.3 is 5.97 Å². The first-order valence-corrected chi connectivity index (χ1v) is 10.2. The molecule has 1 amide bonds. The van der Waals surface area contributed by atoms with Crippen molar-refractivity contribution in [3.8, 4) is 11.3 Å². The quantitative estimate of drug-likeness (QED) is 0.425. The van der Waals surface area contributed by atoms with Crippen molar-refractivity contribution in [3.63, 3.8) is 0 Å². The van der Waals surface area contributed by atoms with E-state index in [2.05, 4.69) is 15.4 Å². The molecule has 160 valence electrons. The van der Waals surface area contributed by atoms with E-state index in [0.717, 1.165) is 23.1 Å². The molecule has 7 nitrogen and oxygen atoms in total. The number of pyridine rings is 1. The topological polar surface area (TPSA) is 86.1 Å². The summed E-state index contributed by atoms with van der Waals surface area (Å²) in [5.74, 6) is -0.907. The molecule has 1 atom stereocenters. The lowest BCUT2D eigenvalue weighted by atomic mass is 10.1. The van der Waals surface area contributed by atoms with Crippen LogP contribution in [0, 0.1) is 0 Å². The van der Waals surface area contributed by atoms with Gasteiger partial charge in [-0.25, -0.2) is 4.79 Å². The molecular weight excluding hydrogens is 392 g/mol. The van der Waals surface area contributed by atoms with Gasteiger partial charge in [-0.2, -0.15) is 5.10 Å². The van der Waals surface area contributed by atoms with Gasteiger partial charge in [0.1, 0.15) is 5.69 Å². The van der Waals surface area contributed by atoms with Crippen LogP contribution < -0.4 is 5.32 Å². The Labute approximate surface area is 181 Å². The van der Waals surface area contributed by atoms with Crippen LogP contribution in [0.5, 0.6) is 0 Å². The Morgan fingerprint density at radius 2 is 2.00 bits per heavy atom. The maximum absolute atomic E-state index is 12.1. The average molecular weight is 418 g/mol. The van der Waals surface area contributed by atoms with E-state index in [-0.39, 0.29) is 18.6 Å². The summed E-state index contributed by atoms with van der Waals surface area (Å²) in [6, 6.07) is 13.8. The zero-order chi connectivity index (χ0) is 22.1. The zero-order valence-electron chi connectivity index (χ0n) is 17.7. The number of ether oxygens (including phenoxy) is 1. The molecule has 2 aromatic heterocycles. The van der Waals surface area contributed by atoms with Crippen molar-refractivity contribution >= 4 is 18.0 Å². The number of nitrogens with one attached hydrogen (secondary N) is 1. The highest BCUT2D eigenvalue weighted by Crippen LogP contribution is 2.23. The van der Waals surface area contributed by atoms with Gasteiger partial charge in [-0.05, 0) is 37.1 Å². The van der Waals surface area contributed by atoms with Gasteiger partial charge in [0, 0.05) is 41.8 Å². The molecule has 1 N–H and O–H groups in total. The normalized spacial score (nSPS) is 11.9. The Bertz CT molecular complexity index is 1030. The molecule has 0 radical (unpaired) electrons. The molecule has 0 aliphatic carbocycles. The summed E-state index contributed by atoms with van der Waals surface area (Å²) in [5.41, 5.74) is 3.42. The molecule has 7 heteroatoms. The predicted molar refractivity (Wildman–Crippen MR) is 119 cm³/mol. The number of rotatable bonds is 9. The lowest BCUT2D eigenvalue weighted by Crippen LogP contribution is -2.35. The molecule has 31 heavy (non-hydrogen) atoms. The summed E-state index contributed by atoms with van der Waals surface area (Å²) in [5, 5.41) is 7.43. The van der Waals surface area contributed by atoms with E-state index in [1.54, 1.807) is 18.5 Å². The third-order valence-corrected chi connectivity index (χ3v) is 4.68. The van der Waals surface area contributed by atoms with Crippen LogP contribution in [0.15, 0.2) is 67.1 Å². The molecule has 0 saturated carbocycles. The van der Waals surface area contributed by atoms with E-state index in [1.807, 2.05) is 67.2 Å². The molecule has 0 aliphatic heterocycles. The third kappa shape index (κ3) is 6.64. The fraction of sp³-hybridized carbons (Fsp3) is 0.250. The van der Waals surface area contributed by atoms with E-state index in [4.69, 9.17) is 4.74 Å². The molecule has 0 spiro atoms. The summed E-state index contributed by atoms with van der Waals surface area (Å²) in [6.07, 6.45) is 9.05. The number of nitrogens with zero attached hydrogens (tertiary/aromatic N) is 3. The summed E-state index contributed by atoms with van der Waals surface area (Å²) in [4.78, 5) is 28.0. The Hall–Kier alpha value is -3.74. The molecule has 0 bridgehead atoms. The van der Waals surface area contributed by atoms with Gasteiger partial charge in [0.05, 0.1) is 6.54 Å². The smallest absolute Gasteiger partial charge is 0.331 e. The summed E-state index contributed by atoms with van der Waals surface area (Å²) >= 11 is 0. The van der Waals surface area contributed by atoms with E-state index in [9.17, 15) is 9.59 Å². The van der Waals surface area contributed by atoms with Crippen molar-refractivity contribution in [1.82, 2.24) is 20.1 Å². The summed E-state index contributed by atoms with van der Waals surface area (Å²) < 4.78 is 6.86. The lowest BCUT2D eigenvalue weighted by Gasteiger charge is -2.10. The summed E-state index contributed by atoms with van der Waals surface area (Å²) in [7, 11) is 0. The minimum atomic E-state index is -0.591. The van der Waals surface area contributed by atoms with Crippen LogP contribution in [-0.2, 0) is 20.9 Å². The number of carbonyl (C=O) groups excluding carboxylic acids is 2. The van der Waals surface area contributed by atoms with Gasteiger partial charge in [0.15, 0.2) is 6.61 Å². The maximum Gasteiger partial charge on any atom is 0.331 e. The highest BCUT2D eigenvalue weighted by Gasteiger charge is 2.12. The number of hydrogen-bond donors (Lipinski definition) is 1. The Morgan fingerprint density at radius 3 is 2.71 bits per heavy atom. The second-order valence-electron chi connectivity index (χ2n) is 7.18. The van der Waals surface area contributed by atoms with E-state index < -0.39 is 5.97 Å². The largest absolute Gasteiger partial charge is 0.452 e. The van der Waals surface area contributed by atoms with Gasteiger partial charge in [0.25, 0.3) is 5.91 Å². The first kappa shape index (κ1) is 22.0. The number of amides is 1. The highest BCUT2D eigenvalue weighted by molar-refractivity contribution is 5.90. The molecule has 3 aromatic rings. The van der Waals surface area contributed by atoms with Gasteiger partial charge in [-0.15, -0.1) is 0 Å². The molecule has 0 aliphatic rings. The number of benzene rings is 1. The zero-order valence-corrected chi connectivity index (χ0v) is 17.7. The van der Waals surface area contributed by atoms with Crippen LogP contribution in [0.3, 0.4) is 0 Å². The van der Waals surface area contributed by atoms with Crippen molar-refractivity contribution < 1.29 is 14.3 Å². The van der Waals surface area contributed by atoms with Gasteiger partial charge in [0.2, 0.25) is 0 Å². The molecule has 0 unspecified atom stereocenters. The average Bonchev–Trinajstić information content (AvgIpc) is 3.20. The number of carbonyl (C=O) groups is 2. The van der Waals surface area contributed by atoms with Crippen LogP contribution in [0.4, 0.5) is 0 Å². The Balaban J connectivity index is 1.72. The first-order valence-electron chi connectivity index (χ1n) is 10.2. The highest BCUT2D eigenvalue weighted by atomic mass is 16.5. The molecule has 2 heterocycles. The SMILES string of the molecule is CC[C@H](C)NC(=O)COC(=O)/C=C/c1cn(Cc2ccccc2)nc1-c1cccnc1. The fourth-order valence-electron chi connectivity index (χ4n) is 2.90. The molecule has 3 rings (SSSR count). The maximum atomic E-state index is 12.1. The first-order chi connectivity index (χ1) is 15.0. The summed E-state index contributed by atoms with van der Waals surface area (Å²) in [6.45, 7) is 4.16. The Morgan fingerprint density at radius 1 is 1.19 bits per heavy atom. The minimum Gasteiger partial charge on any atom is -0.452 e. The van der Waals surface area contributed by atoms with Gasteiger partial charge < -0.3 is 10.1 Å². The fourth-order valence-corrected chi connectivity index (χ4v) is 2.90. The Kier molecular flexibility index (Phi) is 7.70. The molecule has 0 saturated heterocycles. The van der Waals surface area contributed by atoms with Crippen molar-refractivity contribution in [2.75, 3.05) is 6.61 Å². The van der Waals surface area contributed by atoms with E-state index in [1.165, 1.54) is 6.08 Å². The minimum absolute atomic E-state index is 0.0410. The third-order valence-electron chi connectivity index (χ3n) is 4.68. The van der Waals surface area contributed by atoms with Gasteiger partial charge in [-0.1, -0.05) is 37.3 Å². The second kappa shape index (κ2) is 10.9. The predicted octanol–water partition coefficient (Wildman–Crippen LogP) is 3.46. The monoisotopic (exact) mass is 418 g/mol. The van der Waals surface area contributed by atoms with Crippen LogP contribution in [0.25, 0.3) is 17.3 Å². The molecular formula is C24H26N4O3. The van der Waals surface area contributed by atoms with Crippen molar-refractivity contribution in [1.29, 1.82) is 0 Å². The number of aromatic nitrogens is 3. The van der Waals surface area contributed by atoms with E-state index in [0.29, 0.717) is 12.2 Å². The standard InChI is InChI=1S/C24H26N4O3/c1-3-18(2)26-22(29)17-31-23(30)12-11-21-16-28(15-19-8-5-4-6-9-19)27-24(21)20-10-7-13-25-14-20/h4-14,16,18H,3,15,17H2,1-2H3,(H,26,29)/b12-11+/t18-/m0/s1. The van der Waals surface area contributed by atoms with Crippen LogP contribution in [-0.4, -0.2) is 39.3 Å². The van der Waals surface area contributed by atoms with Gasteiger partial charge in [-0.3, -0.25) is 14.5 Å². The number of hydrogen-bond acceptors (Lipinski definition) is 5. The molecule has 1 aromatic carbocycles. The van der Waals surface area contributed by atoms with Crippen LogP contribution >= 0.6 is 0 Å². The lowest BCUT2D eigenvalue weighted by molar-refractivity contribution is -0.144. The van der Waals surface area contributed by atoms with E-state index >= 15 is 0 Å². The second-order valence-corrected chi connectivity index (χ2v) is 7.18. The van der Waals surface area contributed by atoms with Crippen molar-refractivity contribution in [2.45, 2.75) is 32.9 Å². The van der Waals surface area contributed by atoms with Crippen molar-refractivity contribution in [2.24, 2.45) is 0 Å².